The predicted octanol–water partition coefficient (Wildman–Crippen LogP) is 2.44. The van der Waals surface area contributed by atoms with Crippen LogP contribution in [0.25, 0.3) is 0 Å². The quantitative estimate of drug-likeness (QED) is 0.580. The smallest absolute Gasteiger partial charge is 0.193 e. The molecule has 2 atom stereocenters. The van der Waals surface area contributed by atoms with Gasteiger partial charge in [0.15, 0.2) is 5.96 Å². The third kappa shape index (κ3) is 6.33. The van der Waals surface area contributed by atoms with Gasteiger partial charge in [-0.3, -0.25) is 9.89 Å². The fourth-order valence-corrected chi connectivity index (χ4v) is 3.37. The number of likely N-dealkylation sites (tertiary alicyclic amines) is 1. The molecule has 25 heavy (non-hydrogen) atoms. The molecule has 1 aliphatic heterocycles. The van der Waals surface area contributed by atoms with E-state index in [9.17, 15) is 0 Å². The van der Waals surface area contributed by atoms with Crippen LogP contribution < -0.4 is 5.32 Å². The molecule has 1 N–H and O–H groups in total. The van der Waals surface area contributed by atoms with E-state index >= 15 is 0 Å². The highest BCUT2D eigenvalue weighted by Crippen LogP contribution is 2.16. The van der Waals surface area contributed by atoms with Crippen molar-refractivity contribution in [3.05, 3.63) is 35.9 Å². The molecule has 0 aliphatic carbocycles. The van der Waals surface area contributed by atoms with E-state index in [0.717, 1.165) is 45.2 Å². The molecule has 140 valence electrons. The van der Waals surface area contributed by atoms with E-state index in [1.54, 1.807) is 7.11 Å². The van der Waals surface area contributed by atoms with Crippen LogP contribution >= 0.6 is 0 Å². The van der Waals surface area contributed by atoms with E-state index in [2.05, 4.69) is 64.4 Å². The van der Waals surface area contributed by atoms with Crippen molar-refractivity contribution >= 4 is 5.96 Å². The first-order valence-corrected chi connectivity index (χ1v) is 9.32. The Hall–Kier alpha value is -1.59. The summed E-state index contributed by atoms with van der Waals surface area (Å²) >= 11 is 0. The molecule has 1 saturated heterocycles. The number of nitrogens with one attached hydrogen (secondary N) is 1. The minimum absolute atomic E-state index is 0.519. The van der Waals surface area contributed by atoms with Gasteiger partial charge in [0.25, 0.3) is 0 Å². The third-order valence-electron chi connectivity index (χ3n) is 5.07. The van der Waals surface area contributed by atoms with Gasteiger partial charge in [0, 0.05) is 52.3 Å². The number of methoxy groups -OCH3 is 1. The Labute approximate surface area is 153 Å². The van der Waals surface area contributed by atoms with Gasteiger partial charge >= 0.3 is 0 Å². The lowest BCUT2D eigenvalue weighted by Gasteiger charge is -2.26. The summed E-state index contributed by atoms with van der Waals surface area (Å²) in [5, 5.41) is 3.53. The SMILES string of the molecule is CN=C(NCCC(C)N(C)Cc1ccccc1)N1CCC(COC)C1. The molecule has 2 unspecified atom stereocenters. The van der Waals surface area contributed by atoms with Crippen molar-refractivity contribution in [2.75, 3.05) is 47.4 Å². The zero-order valence-corrected chi connectivity index (χ0v) is 16.2. The number of rotatable bonds is 8. The number of aliphatic imine (C=N–C) groups is 1. The van der Waals surface area contributed by atoms with Crippen LogP contribution in [0.15, 0.2) is 35.3 Å². The summed E-state index contributed by atoms with van der Waals surface area (Å²) in [5.41, 5.74) is 1.36. The maximum atomic E-state index is 5.28. The first-order valence-electron chi connectivity index (χ1n) is 9.32. The number of hydrogen-bond acceptors (Lipinski definition) is 3. The summed E-state index contributed by atoms with van der Waals surface area (Å²) < 4.78 is 5.28. The number of nitrogens with zero attached hydrogens (tertiary/aromatic N) is 3. The van der Waals surface area contributed by atoms with Gasteiger partial charge in [0.1, 0.15) is 0 Å². The topological polar surface area (TPSA) is 40.1 Å². The summed E-state index contributed by atoms with van der Waals surface area (Å²) in [4.78, 5) is 9.21. The lowest BCUT2D eigenvalue weighted by atomic mass is 10.1. The maximum Gasteiger partial charge on any atom is 0.193 e. The molecule has 1 aromatic carbocycles. The first-order chi connectivity index (χ1) is 12.1. The predicted molar refractivity (Wildman–Crippen MR) is 105 cm³/mol. The van der Waals surface area contributed by atoms with Gasteiger partial charge in [-0.2, -0.15) is 0 Å². The molecule has 1 fully saturated rings. The molecule has 0 aromatic heterocycles. The molecule has 0 saturated carbocycles. The summed E-state index contributed by atoms with van der Waals surface area (Å²) in [5.74, 6) is 1.65. The van der Waals surface area contributed by atoms with Crippen LogP contribution in [0.1, 0.15) is 25.3 Å². The Balaban J connectivity index is 1.71. The zero-order chi connectivity index (χ0) is 18.1. The van der Waals surface area contributed by atoms with Gasteiger partial charge in [-0.25, -0.2) is 0 Å². The third-order valence-corrected chi connectivity index (χ3v) is 5.07. The van der Waals surface area contributed by atoms with E-state index in [4.69, 9.17) is 4.74 Å². The summed E-state index contributed by atoms with van der Waals surface area (Å²) in [6, 6.07) is 11.2. The summed E-state index contributed by atoms with van der Waals surface area (Å²) in [7, 11) is 5.85. The Morgan fingerprint density at radius 3 is 2.84 bits per heavy atom. The monoisotopic (exact) mass is 346 g/mol. The highest BCUT2D eigenvalue weighted by molar-refractivity contribution is 5.80. The van der Waals surface area contributed by atoms with Crippen molar-refractivity contribution in [2.24, 2.45) is 10.9 Å². The number of benzene rings is 1. The number of hydrogen-bond donors (Lipinski definition) is 1. The minimum atomic E-state index is 0.519. The van der Waals surface area contributed by atoms with Crippen LogP contribution in [0.4, 0.5) is 0 Å². The Bertz CT molecular complexity index is 520. The normalized spacial score (nSPS) is 19.5. The van der Waals surface area contributed by atoms with E-state index in [-0.39, 0.29) is 0 Å². The van der Waals surface area contributed by atoms with Gasteiger partial charge in [-0.15, -0.1) is 0 Å². The zero-order valence-electron chi connectivity index (χ0n) is 16.2. The van der Waals surface area contributed by atoms with Gasteiger partial charge < -0.3 is 15.0 Å². The van der Waals surface area contributed by atoms with Crippen LogP contribution in [-0.4, -0.2) is 69.2 Å². The minimum Gasteiger partial charge on any atom is -0.384 e. The van der Waals surface area contributed by atoms with Crippen LogP contribution in [0.3, 0.4) is 0 Å². The van der Waals surface area contributed by atoms with Crippen molar-refractivity contribution < 1.29 is 4.74 Å². The van der Waals surface area contributed by atoms with Crippen LogP contribution in [0.2, 0.25) is 0 Å². The summed E-state index contributed by atoms with van der Waals surface area (Å²) in [6.45, 7) is 7.17. The van der Waals surface area contributed by atoms with E-state index in [1.807, 2.05) is 7.05 Å². The second-order valence-corrected chi connectivity index (χ2v) is 7.07. The standard InChI is InChI=1S/C20H34N4O/c1-17(23(3)14-18-8-6-5-7-9-18)10-12-22-20(21-2)24-13-11-19(15-24)16-25-4/h5-9,17,19H,10-16H2,1-4H3,(H,21,22). The maximum absolute atomic E-state index is 5.28. The molecule has 0 amide bonds. The van der Waals surface area contributed by atoms with Gasteiger partial charge in [-0.1, -0.05) is 30.3 Å². The molecular weight excluding hydrogens is 312 g/mol. The van der Waals surface area contributed by atoms with E-state index in [0.29, 0.717) is 12.0 Å². The lowest BCUT2D eigenvalue weighted by Crippen LogP contribution is -2.42. The highest BCUT2D eigenvalue weighted by Gasteiger charge is 2.24. The first kappa shape index (κ1) is 19.7. The largest absolute Gasteiger partial charge is 0.384 e. The molecular formula is C20H34N4O. The molecule has 1 heterocycles. The second-order valence-electron chi connectivity index (χ2n) is 7.07. The Kier molecular flexibility index (Phi) is 8.22. The fraction of sp³-hybridized carbons (Fsp3) is 0.650. The molecule has 0 bridgehead atoms. The Morgan fingerprint density at radius 2 is 2.16 bits per heavy atom. The molecule has 5 heteroatoms. The van der Waals surface area contributed by atoms with Gasteiger partial charge in [0.2, 0.25) is 0 Å². The highest BCUT2D eigenvalue weighted by atomic mass is 16.5. The average Bonchev–Trinajstić information content (AvgIpc) is 3.08. The molecule has 5 nitrogen and oxygen atoms in total. The van der Waals surface area contributed by atoms with Crippen LogP contribution in [0, 0.1) is 5.92 Å². The van der Waals surface area contributed by atoms with Crippen molar-refractivity contribution in [2.45, 2.75) is 32.4 Å². The second kappa shape index (κ2) is 10.4. The van der Waals surface area contributed by atoms with Crippen molar-refractivity contribution in [3.8, 4) is 0 Å². The van der Waals surface area contributed by atoms with Crippen molar-refractivity contribution in [1.29, 1.82) is 0 Å². The van der Waals surface area contributed by atoms with E-state index < -0.39 is 0 Å². The Morgan fingerprint density at radius 1 is 1.40 bits per heavy atom. The van der Waals surface area contributed by atoms with Gasteiger partial charge in [0.05, 0.1) is 6.61 Å². The fourth-order valence-electron chi connectivity index (χ4n) is 3.37. The molecule has 1 aromatic rings. The molecule has 0 radical (unpaired) electrons. The van der Waals surface area contributed by atoms with Crippen LogP contribution in [-0.2, 0) is 11.3 Å². The number of ether oxygens (including phenoxy) is 1. The number of guanidine groups is 1. The lowest BCUT2D eigenvalue weighted by molar-refractivity contribution is 0.157. The molecule has 1 aliphatic rings. The van der Waals surface area contributed by atoms with Gasteiger partial charge in [-0.05, 0) is 32.4 Å². The molecule has 2 rings (SSSR count). The van der Waals surface area contributed by atoms with Crippen molar-refractivity contribution in [1.82, 2.24) is 15.1 Å². The summed E-state index contributed by atoms with van der Waals surface area (Å²) in [6.07, 6.45) is 2.28. The molecule has 0 spiro atoms. The van der Waals surface area contributed by atoms with Crippen molar-refractivity contribution in [3.63, 3.8) is 0 Å². The average molecular weight is 347 g/mol. The van der Waals surface area contributed by atoms with E-state index in [1.165, 1.54) is 12.0 Å². The van der Waals surface area contributed by atoms with Crippen LogP contribution in [0.5, 0.6) is 0 Å².